The maximum Gasteiger partial charge on any atom is 0.227 e. The van der Waals surface area contributed by atoms with E-state index < -0.39 is 9.84 Å². The van der Waals surface area contributed by atoms with Crippen molar-refractivity contribution in [3.8, 4) is 6.07 Å². The lowest BCUT2D eigenvalue weighted by atomic mass is 10.4. The Morgan fingerprint density at radius 3 is 2.86 bits per heavy atom. The molecular weight excluding hydrogens is 202 g/mol. The Morgan fingerprint density at radius 1 is 1.64 bits per heavy atom. The maximum atomic E-state index is 11.6. The summed E-state index contributed by atoms with van der Waals surface area (Å²) in [6, 6.07) is 1.91. The smallest absolute Gasteiger partial charge is 0.227 e. The summed E-state index contributed by atoms with van der Waals surface area (Å²) in [4.78, 5) is 3.76. The van der Waals surface area contributed by atoms with Crippen molar-refractivity contribution >= 4 is 9.84 Å². The Hall–Kier alpha value is -1.35. The molecule has 0 bridgehead atoms. The summed E-state index contributed by atoms with van der Waals surface area (Å²) in [7, 11) is -1.69. The van der Waals surface area contributed by atoms with E-state index in [0.717, 1.165) is 0 Å². The first-order valence-corrected chi connectivity index (χ1v) is 5.80. The Morgan fingerprint density at radius 2 is 2.36 bits per heavy atom. The molecule has 0 amide bonds. The Balaban J connectivity index is 2.78. The molecule has 0 aliphatic carbocycles. The normalized spacial score (nSPS) is 11.1. The van der Waals surface area contributed by atoms with Gasteiger partial charge >= 0.3 is 0 Å². The number of rotatable bonds is 4. The van der Waals surface area contributed by atoms with E-state index in [9.17, 15) is 8.42 Å². The molecule has 0 unspecified atom stereocenters. The van der Waals surface area contributed by atoms with Crippen LogP contribution >= 0.6 is 0 Å². The van der Waals surface area contributed by atoms with Crippen LogP contribution in [0, 0.1) is 11.3 Å². The summed E-state index contributed by atoms with van der Waals surface area (Å²) in [6.07, 6.45) is 3.63. The highest BCUT2D eigenvalue weighted by Crippen LogP contribution is 2.08. The molecule has 6 heteroatoms. The maximum absolute atomic E-state index is 11.6. The summed E-state index contributed by atoms with van der Waals surface area (Å²) < 4.78 is 24.7. The molecule has 0 aliphatic heterocycles. The summed E-state index contributed by atoms with van der Waals surface area (Å²) in [6.45, 7) is 0. The zero-order valence-corrected chi connectivity index (χ0v) is 8.66. The fourth-order valence-corrected chi connectivity index (χ4v) is 2.51. The van der Waals surface area contributed by atoms with Crippen molar-refractivity contribution in [2.75, 3.05) is 5.75 Å². The number of unbranched alkanes of at least 4 members (excludes halogenated alkanes) is 1. The lowest BCUT2D eigenvalue weighted by Gasteiger charge is -2.01. The van der Waals surface area contributed by atoms with Crippen molar-refractivity contribution in [3.63, 3.8) is 0 Å². The largest absolute Gasteiger partial charge is 0.325 e. The van der Waals surface area contributed by atoms with E-state index in [-0.39, 0.29) is 17.3 Å². The SMILES string of the molecule is Cn1ccnc1S(=O)(=O)CCCC#N. The lowest BCUT2D eigenvalue weighted by molar-refractivity contribution is 0.577. The molecule has 0 radical (unpaired) electrons. The van der Waals surface area contributed by atoms with E-state index in [2.05, 4.69) is 4.98 Å². The van der Waals surface area contributed by atoms with Gasteiger partial charge in [-0.05, 0) is 6.42 Å². The first kappa shape index (κ1) is 10.7. The van der Waals surface area contributed by atoms with Gasteiger partial charge in [0.15, 0.2) is 0 Å². The van der Waals surface area contributed by atoms with Gasteiger partial charge in [0.2, 0.25) is 15.0 Å². The van der Waals surface area contributed by atoms with Crippen molar-refractivity contribution in [1.29, 1.82) is 5.26 Å². The molecule has 5 nitrogen and oxygen atoms in total. The van der Waals surface area contributed by atoms with Gasteiger partial charge in [0.05, 0.1) is 11.8 Å². The number of hydrogen-bond donors (Lipinski definition) is 0. The van der Waals surface area contributed by atoms with Crippen LogP contribution < -0.4 is 0 Å². The van der Waals surface area contributed by atoms with E-state index in [1.165, 1.54) is 10.8 Å². The molecule has 0 saturated heterocycles. The minimum atomic E-state index is -3.32. The molecule has 0 spiro atoms. The number of aryl methyl sites for hydroxylation is 1. The summed E-state index contributed by atoms with van der Waals surface area (Å²) >= 11 is 0. The third-order valence-corrected chi connectivity index (χ3v) is 3.53. The van der Waals surface area contributed by atoms with Gasteiger partial charge in [-0.2, -0.15) is 5.26 Å². The number of imidazole rings is 1. The zero-order valence-electron chi connectivity index (χ0n) is 7.84. The number of sulfone groups is 1. The molecule has 1 aromatic rings. The molecule has 1 aromatic heterocycles. The zero-order chi connectivity index (χ0) is 10.6. The highest BCUT2D eigenvalue weighted by Gasteiger charge is 2.18. The van der Waals surface area contributed by atoms with Gasteiger partial charge in [-0.3, -0.25) is 0 Å². The van der Waals surface area contributed by atoms with E-state index in [0.29, 0.717) is 6.42 Å². The van der Waals surface area contributed by atoms with Crippen LogP contribution in [0.25, 0.3) is 0 Å². The molecule has 0 N–H and O–H groups in total. The fraction of sp³-hybridized carbons (Fsp3) is 0.500. The van der Waals surface area contributed by atoms with Crippen LogP contribution in [0.2, 0.25) is 0 Å². The van der Waals surface area contributed by atoms with Crippen LogP contribution in [0.4, 0.5) is 0 Å². The predicted octanol–water partition coefficient (Wildman–Crippen LogP) is 0.498. The van der Waals surface area contributed by atoms with Gasteiger partial charge in [-0.15, -0.1) is 0 Å². The molecule has 0 saturated carbocycles. The highest BCUT2D eigenvalue weighted by atomic mass is 32.2. The summed E-state index contributed by atoms with van der Waals surface area (Å²) in [5.41, 5.74) is 0. The minimum absolute atomic E-state index is 0.0224. The van der Waals surface area contributed by atoms with Crippen molar-refractivity contribution in [1.82, 2.24) is 9.55 Å². The van der Waals surface area contributed by atoms with Gasteiger partial charge in [0.1, 0.15) is 0 Å². The van der Waals surface area contributed by atoms with E-state index in [4.69, 9.17) is 5.26 Å². The van der Waals surface area contributed by atoms with Crippen LogP contribution in [-0.2, 0) is 16.9 Å². The second-order valence-electron chi connectivity index (χ2n) is 2.90. The Labute approximate surface area is 82.9 Å². The quantitative estimate of drug-likeness (QED) is 0.682. The number of aromatic nitrogens is 2. The van der Waals surface area contributed by atoms with E-state index >= 15 is 0 Å². The van der Waals surface area contributed by atoms with Crippen LogP contribution in [-0.4, -0.2) is 23.7 Å². The molecule has 14 heavy (non-hydrogen) atoms. The third-order valence-electron chi connectivity index (χ3n) is 1.76. The number of hydrogen-bond acceptors (Lipinski definition) is 4. The van der Waals surface area contributed by atoms with Crippen molar-refractivity contribution in [2.24, 2.45) is 7.05 Å². The molecule has 0 fully saturated rings. The fourth-order valence-electron chi connectivity index (χ4n) is 1.08. The van der Waals surface area contributed by atoms with Crippen molar-refractivity contribution < 1.29 is 8.42 Å². The second-order valence-corrected chi connectivity index (χ2v) is 4.90. The van der Waals surface area contributed by atoms with E-state index in [1.54, 1.807) is 13.2 Å². The van der Waals surface area contributed by atoms with E-state index in [1.807, 2.05) is 6.07 Å². The van der Waals surface area contributed by atoms with Crippen LogP contribution in [0.5, 0.6) is 0 Å². The van der Waals surface area contributed by atoms with Gasteiger partial charge in [0, 0.05) is 25.9 Å². The summed E-state index contributed by atoms with van der Waals surface area (Å²) in [5, 5.41) is 8.35. The third kappa shape index (κ3) is 2.33. The molecule has 0 aliphatic rings. The van der Waals surface area contributed by atoms with Gasteiger partial charge in [-0.1, -0.05) is 0 Å². The number of nitrogens with zero attached hydrogens (tertiary/aromatic N) is 3. The van der Waals surface area contributed by atoms with Gasteiger partial charge < -0.3 is 4.57 Å². The topological polar surface area (TPSA) is 75.8 Å². The monoisotopic (exact) mass is 213 g/mol. The second kappa shape index (κ2) is 4.24. The van der Waals surface area contributed by atoms with Crippen LogP contribution in [0.15, 0.2) is 17.6 Å². The molecule has 1 rings (SSSR count). The first-order valence-electron chi connectivity index (χ1n) is 4.15. The summed E-state index contributed by atoms with van der Waals surface area (Å²) in [5.74, 6) is -0.0224. The average Bonchev–Trinajstić information content (AvgIpc) is 2.52. The Kier molecular flexibility index (Phi) is 3.25. The molecule has 76 valence electrons. The van der Waals surface area contributed by atoms with Crippen LogP contribution in [0.3, 0.4) is 0 Å². The number of nitriles is 1. The standard InChI is InChI=1S/C8H11N3O2S/c1-11-6-5-10-8(11)14(12,13)7-3-2-4-9/h5-6H,2-3,7H2,1H3. The van der Waals surface area contributed by atoms with Crippen LogP contribution in [0.1, 0.15) is 12.8 Å². The molecular formula is C8H11N3O2S. The van der Waals surface area contributed by atoms with Gasteiger partial charge in [0.25, 0.3) is 0 Å². The molecule has 0 atom stereocenters. The Bertz CT molecular complexity index is 441. The van der Waals surface area contributed by atoms with Gasteiger partial charge in [-0.25, -0.2) is 13.4 Å². The molecule has 1 heterocycles. The van der Waals surface area contributed by atoms with Crippen molar-refractivity contribution in [3.05, 3.63) is 12.4 Å². The lowest BCUT2D eigenvalue weighted by Crippen LogP contribution is -2.12. The van der Waals surface area contributed by atoms with Crippen molar-refractivity contribution in [2.45, 2.75) is 18.0 Å². The predicted molar refractivity (Wildman–Crippen MR) is 50.1 cm³/mol. The minimum Gasteiger partial charge on any atom is -0.325 e. The molecule has 0 aromatic carbocycles. The highest BCUT2D eigenvalue weighted by molar-refractivity contribution is 7.91. The average molecular weight is 213 g/mol. The first-order chi connectivity index (χ1) is 6.58.